The molecule has 1 aliphatic rings. The fraction of sp³-hybridized carbons (Fsp3) is 0.444. The van der Waals surface area contributed by atoms with Crippen molar-refractivity contribution in [2.75, 3.05) is 19.6 Å². The molecular formula is C27H34ClN3O. The summed E-state index contributed by atoms with van der Waals surface area (Å²) < 4.78 is 2.39. The first-order chi connectivity index (χ1) is 15.5. The van der Waals surface area contributed by atoms with Gasteiger partial charge in [-0.3, -0.25) is 9.69 Å². The molecular weight excluding hydrogens is 418 g/mol. The van der Waals surface area contributed by atoms with Crippen LogP contribution in [0.15, 0.2) is 54.6 Å². The van der Waals surface area contributed by atoms with Gasteiger partial charge < -0.3 is 9.88 Å². The van der Waals surface area contributed by atoms with Crippen LogP contribution in [0.3, 0.4) is 0 Å². The molecule has 3 aromatic rings. The standard InChI is InChI=1S/C27H34ClN3O/c1-20(2)11-14-29-27(32)21-12-15-30(16-13-21)19-24-17-22-7-4-6-10-26(22)31(24)18-23-8-3-5-9-25(23)28/h3-10,17,20-21H,11-16,18-19H2,1-2H3,(H,29,32). The Morgan fingerprint density at radius 3 is 2.53 bits per heavy atom. The quantitative estimate of drug-likeness (QED) is 0.475. The lowest BCUT2D eigenvalue weighted by atomic mass is 9.95. The van der Waals surface area contributed by atoms with Crippen LogP contribution in [0, 0.1) is 11.8 Å². The number of benzene rings is 2. The number of nitrogens with zero attached hydrogens (tertiary/aromatic N) is 2. The Hall–Kier alpha value is -2.30. The third-order valence-electron chi connectivity index (χ3n) is 6.55. The molecule has 0 spiro atoms. The molecule has 1 amide bonds. The number of amides is 1. The van der Waals surface area contributed by atoms with E-state index in [0.29, 0.717) is 5.92 Å². The first-order valence-electron chi connectivity index (χ1n) is 11.8. The minimum Gasteiger partial charge on any atom is -0.356 e. The van der Waals surface area contributed by atoms with E-state index in [4.69, 9.17) is 11.6 Å². The van der Waals surface area contributed by atoms with E-state index < -0.39 is 0 Å². The number of piperidine rings is 1. The Kier molecular flexibility index (Phi) is 7.54. The highest BCUT2D eigenvalue weighted by atomic mass is 35.5. The summed E-state index contributed by atoms with van der Waals surface area (Å²) in [5.74, 6) is 1.00. The normalized spacial score (nSPS) is 15.5. The van der Waals surface area contributed by atoms with Crippen molar-refractivity contribution in [2.45, 2.75) is 46.2 Å². The molecule has 1 aliphatic heterocycles. The van der Waals surface area contributed by atoms with Crippen molar-refractivity contribution in [3.05, 3.63) is 70.9 Å². The Balaban J connectivity index is 1.43. The average Bonchev–Trinajstić information content (AvgIpc) is 3.12. The van der Waals surface area contributed by atoms with Gasteiger partial charge in [0.15, 0.2) is 0 Å². The molecule has 1 N–H and O–H groups in total. The van der Waals surface area contributed by atoms with E-state index in [1.54, 1.807) is 0 Å². The van der Waals surface area contributed by atoms with Crippen LogP contribution in [0.5, 0.6) is 0 Å². The number of hydrogen-bond acceptors (Lipinski definition) is 2. The molecule has 2 heterocycles. The van der Waals surface area contributed by atoms with E-state index in [1.807, 2.05) is 18.2 Å². The summed E-state index contributed by atoms with van der Waals surface area (Å²) in [5, 5.41) is 5.20. The van der Waals surface area contributed by atoms with E-state index in [0.717, 1.165) is 62.6 Å². The molecule has 0 unspecified atom stereocenters. The van der Waals surface area contributed by atoms with E-state index in [1.165, 1.54) is 16.6 Å². The first kappa shape index (κ1) is 22.9. The van der Waals surface area contributed by atoms with E-state index >= 15 is 0 Å². The molecule has 32 heavy (non-hydrogen) atoms. The topological polar surface area (TPSA) is 37.3 Å². The number of halogens is 1. The molecule has 0 bridgehead atoms. The number of nitrogens with one attached hydrogen (secondary N) is 1. The van der Waals surface area contributed by atoms with E-state index in [9.17, 15) is 4.79 Å². The number of carbonyl (C=O) groups is 1. The van der Waals surface area contributed by atoms with Crippen LogP contribution in [-0.2, 0) is 17.9 Å². The maximum absolute atomic E-state index is 12.5. The SMILES string of the molecule is CC(C)CCNC(=O)C1CCN(Cc2cc3ccccc3n2Cc2ccccc2Cl)CC1. The fourth-order valence-corrected chi connectivity index (χ4v) is 4.79. The molecule has 170 valence electrons. The molecule has 1 saturated heterocycles. The van der Waals surface area contributed by atoms with Gasteiger partial charge in [-0.15, -0.1) is 0 Å². The molecule has 1 fully saturated rings. The van der Waals surface area contributed by atoms with Gasteiger partial charge in [0.1, 0.15) is 0 Å². The second kappa shape index (κ2) is 10.5. The van der Waals surface area contributed by atoms with Crippen molar-refractivity contribution in [1.29, 1.82) is 0 Å². The van der Waals surface area contributed by atoms with Crippen molar-refractivity contribution in [1.82, 2.24) is 14.8 Å². The lowest BCUT2D eigenvalue weighted by Crippen LogP contribution is -2.40. The average molecular weight is 452 g/mol. The molecule has 5 heteroatoms. The number of fused-ring (bicyclic) bond motifs is 1. The summed E-state index contributed by atoms with van der Waals surface area (Å²) in [6.07, 6.45) is 2.90. The zero-order valence-electron chi connectivity index (χ0n) is 19.2. The molecule has 0 saturated carbocycles. The van der Waals surface area contributed by atoms with Gasteiger partial charge in [0, 0.05) is 41.8 Å². The van der Waals surface area contributed by atoms with Gasteiger partial charge in [-0.1, -0.05) is 61.8 Å². The Morgan fingerprint density at radius 1 is 1.06 bits per heavy atom. The molecule has 0 radical (unpaired) electrons. The fourth-order valence-electron chi connectivity index (χ4n) is 4.59. The van der Waals surface area contributed by atoms with Crippen LogP contribution >= 0.6 is 11.6 Å². The highest BCUT2D eigenvalue weighted by molar-refractivity contribution is 6.31. The van der Waals surface area contributed by atoms with Crippen molar-refractivity contribution in [3.63, 3.8) is 0 Å². The molecule has 0 aliphatic carbocycles. The van der Waals surface area contributed by atoms with Gasteiger partial charge in [-0.05, 0) is 67.4 Å². The first-order valence-corrected chi connectivity index (χ1v) is 12.2. The van der Waals surface area contributed by atoms with Gasteiger partial charge in [-0.25, -0.2) is 0 Å². The predicted molar refractivity (Wildman–Crippen MR) is 133 cm³/mol. The number of carbonyl (C=O) groups excluding carboxylic acids is 1. The smallest absolute Gasteiger partial charge is 0.223 e. The Morgan fingerprint density at radius 2 is 1.78 bits per heavy atom. The van der Waals surface area contributed by atoms with Gasteiger partial charge in [0.2, 0.25) is 5.91 Å². The number of para-hydroxylation sites is 1. The summed E-state index contributed by atoms with van der Waals surface area (Å²) in [5.41, 5.74) is 3.67. The van der Waals surface area contributed by atoms with Gasteiger partial charge in [0.05, 0.1) is 0 Å². The lowest BCUT2D eigenvalue weighted by Gasteiger charge is -2.31. The minimum absolute atomic E-state index is 0.146. The number of rotatable bonds is 8. The summed E-state index contributed by atoms with van der Waals surface area (Å²) in [6.45, 7) is 8.73. The highest BCUT2D eigenvalue weighted by Gasteiger charge is 2.25. The maximum atomic E-state index is 12.5. The summed E-state index contributed by atoms with van der Waals surface area (Å²) in [6, 6.07) is 18.9. The summed E-state index contributed by atoms with van der Waals surface area (Å²) >= 11 is 6.47. The van der Waals surface area contributed by atoms with E-state index in [2.05, 4.69) is 65.0 Å². The van der Waals surface area contributed by atoms with E-state index in [-0.39, 0.29) is 11.8 Å². The van der Waals surface area contributed by atoms with Crippen molar-refractivity contribution in [3.8, 4) is 0 Å². The third kappa shape index (κ3) is 5.54. The van der Waals surface area contributed by atoms with Crippen LogP contribution in [0.25, 0.3) is 10.9 Å². The highest BCUT2D eigenvalue weighted by Crippen LogP contribution is 2.26. The Labute approximate surface area is 196 Å². The van der Waals surface area contributed by atoms with Crippen LogP contribution in [0.2, 0.25) is 5.02 Å². The zero-order valence-corrected chi connectivity index (χ0v) is 19.9. The molecule has 0 atom stereocenters. The van der Waals surface area contributed by atoms with Crippen LogP contribution in [-0.4, -0.2) is 35.0 Å². The second-order valence-corrected chi connectivity index (χ2v) is 9.80. The minimum atomic E-state index is 0.146. The lowest BCUT2D eigenvalue weighted by molar-refractivity contribution is -0.126. The summed E-state index contributed by atoms with van der Waals surface area (Å²) in [4.78, 5) is 15.0. The molecule has 2 aromatic carbocycles. The molecule has 1 aromatic heterocycles. The monoisotopic (exact) mass is 451 g/mol. The third-order valence-corrected chi connectivity index (χ3v) is 6.92. The molecule has 4 nitrogen and oxygen atoms in total. The number of aromatic nitrogens is 1. The molecule has 4 rings (SSSR count). The predicted octanol–water partition coefficient (Wildman–Crippen LogP) is 5.72. The van der Waals surface area contributed by atoms with Gasteiger partial charge in [0.25, 0.3) is 0 Å². The van der Waals surface area contributed by atoms with Crippen molar-refractivity contribution < 1.29 is 4.79 Å². The van der Waals surface area contributed by atoms with Gasteiger partial charge in [-0.2, -0.15) is 0 Å². The van der Waals surface area contributed by atoms with Crippen LogP contribution in [0.1, 0.15) is 44.4 Å². The largest absolute Gasteiger partial charge is 0.356 e. The van der Waals surface area contributed by atoms with Crippen molar-refractivity contribution in [2.24, 2.45) is 11.8 Å². The van der Waals surface area contributed by atoms with Crippen LogP contribution < -0.4 is 5.32 Å². The Bertz CT molecular complexity index is 1050. The second-order valence-electron chi connectivity index (χ2n) is 9.40. The number of hydrogen-bond donors (Lipinski definition) is 1. The van der Waals surface area contributed by atoms with Crippen molar-refractivity contribution >= 4 is 28.4 Å². The summed E-state index contributed by atoms with van der Waals surface area (Å²) in [7, 11) is 0. The maximum Gasteiger partial charge on any atom is 0.223 e. The zero-order chi connectivity index (χ0) is 22.5. The van der Waals surface area contributed by atoms with Crippen LogP contribution in [0.4, 0.5) is 0 Å². The number of likely N-dealkylation sites (tertiary alicyclic amines) is 1. The van der Waals surface area contributed by atoms with Gasteiger partial charge >= 0.3 is 0 Å².